The van der Waals surface area contributed by atoms with Gasteiger partial charge in [-0.3, -0.25) is 9.52 Å². The second kappa shape index (κ2) is 10.5. The number of benzene rings is 2. The lowest BCUT2D eigenvalue weighted by molar-refractivity contribution is 0.0937. The SMILES string of the molecule is COCCNC(=O)c1ccc(N2CCNCC2)c(NS(=O)(=O)c2ccc(OC)cc2)c1. The summed E-state index contributed by atoms with van der Waals surface area (Å²) in [5.41, 5.74) is 1.45. The van der Waals surface area contributed by atoms with Crippen molar-refractivity contribution in [2.45, 2.75) is 4.90 Å². The van der Waals surface area contributed by atoms with Gasteiger partial charge in [0.25, 0.3) is 15.9 Å². The van der Waals surface area contributed by atoms with Crippen LogP contribution in [0.3, 0.4) is 0 Å². The zero-order valence-corrected chi connectivity index (χ0v) is 18.5. The number of ether oxygens (including phenoxy) is 2. The van der Waals surface area contributed by atoms with Crippen LogP contribution in [-0.4, -0.2) is 67.9 Å². The standard InChI is InChI=1S/C21H28N4O5S/c1-29-14-11-23-21(26)16-3-8-20(25-12-9-22-10-13-25)19(15-16)24-31(27,28)18-6-4-17(30-2)5-7-18/h3-8,15,22,24H,9-14H2,1-2H3,(H,23,26). The fourth-order valence-corrected chi connectivity index (χ4v) is 4.33. The Balaban J connectivity index is 1.91. The van der Waals surface area contributed by atoms with Gasteiger partial charge in [-0.1, -0.05) is 0 Å². The lowest BCUT2D eigenvalue weighted by Gasteiger charge is -2.31. The Morgan fingerprint density at radius 1 is 1.10 bits per heavy atom. The molecule has 1 fully saturated rings. The van der Waals surface area contributed by atoms with Gasteiger partial charge in [0, 0.05) is 45.4 Å². The van der Waals surface area contributed by atoms with Crippen LogP contribution in [0.1, 0.15) is 10.4 Å². The number of hydrogen-bond donors (Lipinski definition) is 3. The highest BCUT2D eigenvalue weighted by atomic mass is 32.2. The van der Waals surface area contributed by atoms with E-state index in [0.29, 0.717) is 30.2 Å². The van der Waals surface area contributed by atoms with Crippen molar-refractivity contribution in [1.82, 2.24) is 10.6 Å². The quantitative estimate of drug-likeness (QED) is 0.496. The molecule has 31 heavy (non-hydrogen) atoms. The van der Waals surface area contributed by atoms with Gasteiger partial charge in [0.2, 0.25) is 0 Å². The Kier molecular flexibility index (Phi) is 7.72. The summed E-state index contributed by atoms with van der Waals surface area (Å²) in [6.45, 7) is 3.81. The van der Waals surface area contributed by atoms with E-state index in [0.717, 1.165) is 31.9 Å². The maximum absolute atomic E-state index is 13.0. The Morgan fingerprint density at radius 2 is 1.81 bits per heavy atom. The van der Waals surface area contributed by atoms with Gasteiger partial charge >= 0.3 is 0 Å². The Hall–Kier alpha value is -2.82. The third kappa shape index (κ3) is 5.87. The van der Waals surface area contributed by atoms with Crippen LogP contribution in [0, 0.1) is 0 Å². The molecule has 9 nitrogen and oxygen atoms in total. The first-order valence-corrected chi connectivity index (χ1v) is 11.5. The molecule has 0 unspecified atom stereocenters. The molecule has 0 atom stereocenters. The van der Waals surface area contributed by atoms with E-state index in [9.17, 15) is 13.2 Å². The fraction of sp³-hybridized carbons (Fsp3) is 0.381. The number of hydrogen-bond acceptors (Lipinski definition) is 7. The lowest BCUT2D eigenvalue weighted by Crippen LogP contribution is -2.43. The van der Waals surface area contributed by atoms with Crippen molar-refractivity contribution in [1.29, 1.82) is 0 Å². The summed E-state index contributed by atoms with van der Waals surface area (Å²) in [7, 11) is -0.788. The minimum absolute atomic E-state index is 0.106. The van der Waals surface area contributed by atoms with Crippen LogP contribution in [0.2, 0.25) is 0 Å². The van der Waals surface area contributed by atoms with Gasteiger partial charge in [-0.05, 0) is 42.5 Å². The average molecular weight is 449 g/mol. The maximum atomic E-state index is 13.0. The zero-order chi connectivity index (χ0) is 22.3. The van der Waals surface area contributed by atoms with Crippen LogP contribution >= 0.6 is 0 Å². The number of anilines is 2. The van der Waals surface area contributed by atoms with Crippen LogP contribution in [0.4, 0.5) is 11.4 Å². The molecular formula is C21H28N4O5S. The Labute approximate surface area is 182 Å². The Bertz CT molecular complexity index is 989. The van der Waals surface area contributed by atoms with Crippen LogP contribution in [0.15, 0.2) is 47.4 Å². The second-order valence-electron chi connectivity index (χ2n) is 7.00. The Morgan fingerprint density at radius 3 is 2.45 bits per heavy atom. The van der Waals surface area contributed by atoms with Gasteiger partial charge in [-0.15, -0.1) is 0 Å². The van der Waals surface area contributed by atoms with E-state index in [-0.39, 0.29) is 10.8 Å². The highest BCUT2D eigenvalue weighted by Crippen LogP contribution is 2.30. The number of methoxy groups -OCH3 is 2. The fourth-order valence-electron chi connectivity index (χ4n) is 3.27. The molecule has 1 heterocycles. The largest absolute Gasteiger partial charge is 0.497 e. The molecule has 10 heteroatoms. The summed E-state index contributed by atoms with van der Waals surface area (Å²) < 4.78 is 38.8. The summed E-state index contributed by atoms with van der Waals surface area (Å²) in [4.78, 5) is 14.7. The maximum Gasteiger partial charge on any atom is 0.261 e. The smallest absolute Gasteiger partial charge is 0.261 e. The van der Waals surface area contributed by atoms with Crippen molar-refractivity contribution in [2.24, 2.45) is 0 Å². The first kappa shape index (κ1) is 22.9. The van der Waals surface area contributed by atoms with Gasteiger partial charge in [0.1, 0.15) is 5.75 Å². The topological polar surface area (TPSA) is 109 Å². The van der Waals surface area contributed by atoms with E-state index in [4.69, 9.17) is 9.47 Å². The molecule has 3 N–H and O–H groups in total. The van der Waals surface area contributed by atoms with E-state index in [1.165, 1.54) is 19.2 Å². The number of nitrogens with zero attached hydrogens (tertiary/aromatic N) is 1. The van der Waals surface area contributed by atoms with Crippen LogP contribution in [0.25, 0.3) is 0 Å². The first-order valence-electron chi connectivity index (χ1n) is 9.98. The molecule has 3 rings (SSSR count). The molecule has 1 aliphatic rings. The number of rotatable bonds is 9. The lowest BCUT2D eigenvalue weighted by atomic mass is 10.1. The first-order chi connectivity index (χ1) is 14.9. The monoisotopic (exact) mass is 448 g/mol. The number of nitrogens with one attached hydrogen (secondary N) is 3. The van der Waals surface area contributed by atoms with E-state index in [1.807, 2.05) is 0 Å². The molecular weight excluding hydrogens is 420 g/mol. The molecule has 2 aromatic carbocycles. The van der Waals surface area contributed by atoms with Crippen molar-refractivity contribution in [3.63, 3.8) is 0 Å². The predicted molar refractivity (Wildman–Crippen MR) is 120 cm³/mol. The molecule has 1 amide bonds. The summed E-state index contributed by atoms with van der Waals surface area (Å²) in [5.74, 6) is 0.268. The summed E-state index contributed by atoms with van der Waals surface area (Å²) in [6.07, 6.45) is 0. The molecule has 168 valence electrons. The van der Waals surface area contributed by atoms with Crippen molar-refractivity contribution in [3.05, 3.63) is 48.0 Å². The summed E-state index contributed by atoms with van der Waals surface area (Å²) >= 11 is 0. The van der Waals surface area contributed by atoms with Gasteiger partial charge < -0.3 is 25.0 Å². The third-order valence-corrected chi connectivity index (χ3v) is 6.30. The minimum atomic E-state index is -3.86. The normalized spacial score (nSPS) is 14.2. The zero-order valence-electron chi connectivity index (χ0n) is 17.7. The van der Waals surface area contributed by atoms with Crippen molar-refractivity contribution in [2.75, 3.05) is 63.2 Å². The molecule has 0 bridgehead atoms. The molecule has 0 saturated carbocycles. The number of carbonyl (C=O) groups excluding carboxylic acids is 1. The third-order valence-electron chi connectivity index (χ3n) is 4.92. The summed E-state index contributed by atoms with van der Waals surface area (Å²) in [6, 6.07) is 11.2. The minimum Gasteiger partial charge on any atom is -0.497 e. The summed E-state index contributed by atoms with van der Waals surface area (Å²) in [5, 5.41) is 6.03. The number of sulfonamides is 1. The second-order valence-corrected chi connectivity index (χ2v) is 8.68. The van der Waals surface area contributed by atoms with Crippen molar-refractivity contribution in [3.8, 4) is 5.75 Å². The van der Waals surface area contributed by atoms with Crippen molar-refractivity contribution < 1.29 is 22.7 Å². The van der Waals surface area contributed by atoms with E-state index < -0.39 is 10.0 Å². The highest BCUT2D eigenvalue weighted by molar-refractivity contribution is 7.92. The van der Waals surface area contributed by atoms with Gasteiger partial charge in [-0.25, -0.2) is 8.42 Å². The van der Waals surface area contributed by atoms with Crippen LogP contribution in [0.5, 0.6) is 5.75 Å². The molecule has 1 saturated heterocycles. The van der Waals surface area contributed by atoms with Crippen LogP contribution in [-0.2, 0) is 14.8 Å². The molecule has 1 aliphatic heterocycles. The van der Waals surface area contributed by atoms with Gasteiger partial charge in [0.05, 0.1) is 30.0 Å². The number of amides is 1. The van der Waals surface area contributed by atoms with Gasteiger partial charge in [0.15, 0.2) is 0 Å². The molecule has 0 spiro atoms. The van der Waals surface area contributed by atoms with Crippen LogP contribution < -0.4 is 25.0 Å². The molecule has 2 aromatic rings. The number of carbonyl (C=O) groups is 1. The highest BCUT2D eigenvalue weighted by Gasteiger charge is 2.21. The predicted octanol–water partition coefficient (Wildman–Crippen LogP) is 1.28. The van der Waals surface area contributed by atoms with Crippen molar-refractivity contribution >= 4 is 27.3 Å². The van der Waals surface area contributed by atoms with E-state index >= 15 is 0 Å². The van der Waals surface area contributed by atoms with Gasteiger partial charge in [-0.2, -0.15) is 0 Å². The average Bonchev–Trinajstić information content (AvgIpc) is 2.79. The molecule has 0 radical (unpaired) electrons. The van der Waals surface area contributed by atoms with E-state index in [1.54, 1.807) is 37.4 Å². The number of piperazine rings is 1. The van der Waals surface area contributed by atoms with E-state index in [2.05, 4.69) is 20.3 Å². The molecule has 0 aromatic heterocycles. The molecule has 0 aliphatic carbocycles.